The third kappa shape index (κ3) is 3.09. The first kappa shape index (κ1) is 13.7. The average molecular weight is 249 g/mol. The van der Waals surface area contributed by atoms with Crippen molar-refractivity contribution in [1.82, 2.24) is 10.2 Å². The van der Waals surface area contributed by atoms with Crippen molar-refractivity contribution >= 4 is 18.4 Å². The van der Waals surface area contributed by atoms with Gasteiger partial charge in [0, 0.05) is 13.1 Å². The van der Waals surface area contributed by atoms with Crippen LogP contribution in [0.1, 0.15) is 19.8 Å². The molecule has 1 spiro atoms. The maximum Gasteiger partial charge on any atom is 0.320 e. The van der Waals surface area contributed by atoms with Gasteiger partial charge in [-0.3, -0.25) is 9.69 Å². The van der Waals surface area contributed by atoms with Crippen molar-refractivity contribution < 1.29 is 9.53 Å². The molecule has 1 N–H and O–H groups in total. The summed E-state index contributed by atoms with van der Waals surface area (Å²) in [7, 11) is 0. The number of likely N-dealkylation sites (tertiary alicyclic amines) is 1. The van der Waals surface area contributed by atoms with Gasteiger partial charge >= 0.3 is 5.97 Å². The molecule has 2 aliphatic heterocycles. The van der Waals surface area contributed by atoms with E-state index in [4.69, 9.17) is 4.74 Å². The summed E-state index contributed by atoms with van der Waals surface area (Å²) in [6.45, 7) is 7.15. The van der Waals surface area contributed by atoms with Crippen LogP contribution in [0.3, 0.4) is 0 Å². The normalized spacial score (nSPS) is 29.3. The fourth-order valence-electron chi connectivity index (χ4n) is 2.70. The van der Waals surface area contributed by atoms with Gasteiger partial charge in [0.25, 0.3) is 0 Å². The zero-order valence-electron chi connectivity index (χ0n) is 9.83. The summed E-state index contributed by atoms with van der Waals surface area (Å²) in [5, 5.41) is 3.41. The molecular formula is C11H21ClN2O2. The van der Waals surface area contributed by atoms with Crippen LogP contribution in [-0.2, 0) is 9.53 Å². The first-order chi connectivity index (χ1) is 7.24. The number of nitrogens with one attached hydrogen (secondary N) is 1. The van der Waals surface area contributed by atoms with Gasteiger partial charge in [0.15, 0.2) is 0 Å². The molecule has 2 rings (SSSR count). The predicted molar refractivity (Wildman–Crippen MR) is 64.9 cm³/mol. The highest BCUT2D eigenvalue weighted by Crippen LogP contribution is 2.35. The highest BCUT2D eigenvalue weighted by molar-refractivity contribution is 5.85. The number of nitrogens with zero attached hydrogens (tertiary/aromatic N) is 1. The molecule has 94 valence electrons. The van der Waals surface area contributed by atoms with Crippen LogP contribution in [0.15, 0.2) is 0 Å². The molecule has 2 aliphatic rings. The molecule has 1 atom stereocenters. The van der Waals surface area contributed by atoms with Gasteiger partial charge in [-0.2, -0.15) is 0 Å². The number of esters is 1. The molecule has 2 saturated heterocycles. The molecule has 0 bridgehead atoms. The lowest BCUT2D eigenvalue weighted by molar-refractivity contribution is -0.144. The van der Waals surface area contributed by atoms with Gasteiger partial charge in [0.05, 0.1) is 13.2 Å². The van der Waals surface area contributed by atoms with Gasteiger partial charge in [-0.25, -0.2) is 0 Å². The zero-order valence-corrected chi connectivity index (χ0v) is 10.6. The summed E-state index contributed by atoms with van der Waals surface area (Å²) < 4.78 is 4.96. The van der Waals surface area contributed by atoms with E-state index in [9.17, 15) is 4.79 Å². The second-order valence-electron chi connectivity index (χ2n) is 4.69. The molecule has 5 heteroatoms. The third-order valence-electron chi connectivity index (χ3n) is 3.51. The summed E-state index contributed by atoms with van der Waals surface area (Å²) in [5.74, 6) is -0.0829. The highest BCUT2D eigenvalue weighted by Gasteiger charge is 2.40. The van der Waals surface area contributed by atoms with E-state index >= 15 is 0 Å². The van der Waals surface area contributed by atoms with Crippen molar-refractivity contribution in [2.75, 3.05) is 39.3 Å². The summed E-state index contributed by atoms with van der Waals surface area (Å²) in [5.41, 5.74) is 0.451. The van der Waals surface area contributed by atoms with Crippen LogP contribution in [0.4, 0.5) is 0 Å². The van der Waals surface area contributed by atoms with E-state index in [0.717, 1.165) is 26.2 Å². The largest absolute Gasteiger partial charge is 0.465 e. The van der Waals surface area contributed by atoms with Crippen LogP contribution in [0.5, 0.6) is 0 Å². The third-order valence-corrected chi connectivity index (χ3v) is 3.51. The van der Waals surface area contributed by atoms with Gasteiger partial charge in [-0.05, 0) is 38.3 Å². The first-order valence-corrected chi connectivity index (χ1v) is 5.83. The minimum absolute atomic E-state index is 0. The Labute approximate surface area is 103 Å². The summed E-state index contributed by atoms with van der Waals surface area (Å²) in [4.78, 5) is 13.5. The Kier molecular flexibility index (Phi) is 5.02. The number of carbonyl (C=O) groups excluding carboxylic acids is 1. The van der Waals surface area contributed by atoms with E-state index < -0.39 is 0 Å². The Balaban J connectivity index is 0.00000128. The van der Waals surface area contributed by atoms with Crippen molar-refractivity contribution in [3.8, 4) is 0 Å². The number of ether oxygens (including phenoxy) is 1. The molecule has 4 nitrogen and oxygen atoms in total. The van der Waals surface area contributed by atoms with Crippen molar-refractivity contribution in [2.45, 2.75) is 19.8 Å². The standard InChI is InChI=1S/C11H20N2O2.ClH/c1-2-15-10(14)7-13-6-4-11(9-13)3-5-12-8-11;/h12H,2-9H2,1H3;1H. The maximum atomic E-state index is 11.3. The van der Waals surface area contributed by atoms with E-state index in [2.05, 4.69) is 10.2 Å². The Morgan fingerprint density at radius 2 is 2.31 bits per heavy atom. The number of halogens is 1. The Bertz CT molecular complexity index is 242. The van der Waals surface area contributed by atoms with Gasteiger partial charge in [-0.15, -0.1) is 12.4 Å². The second-order valence-corrected chi connectivity index (χ2v) is 4.69. The highest BCUT2D eigenvalue weighted by atomic mass is 35.5. The van der Waals surface area contributed by atoms with Crippen molar-refractivity contribution in [3.05, 3.63) is 0 Å². The van der Waals surface area contributed by atoms with Crippen molar-refractivity contribution in [3.63, 3.8) is 0 Å². The van der Waals surface area contributed by atoms with Crippen molar-refractivity contribution in [2.24, 2.45) is 5.41 Å². The van der Waals surface area contributed by atoms with Crippen LogP contribution < -0.4 is 5.32 Å². The number of hydrogen-bond donors (Lipinski definition) is 1. The lowest BCUT2D eigenvalue weighted by Crippen LogP contribution is -2.33. The lowest BCUT2D eigenvalue weighted by atomic mass is 9.87. The van der Waals surface area contributed by atoms with Crippen LogP contribution in [0.25, 0.3) is 0 Å². The molecular weight excluding hydrogens is 228 g/mol. The van der Waals surface area contributed by atoms with Crippen LogP contribution in [0, 0.1) is 5.41 Å². The summed E-state index contributed by atoms with van der Waals surface area (Å²) in [6, 6.07) is 0. The molecule has 2 fully saturated rings. The minimum atomic E-state index is -0.0829. The Morgan fingerprint density at radius 3 is 2.94 bits per heavy atom. The molecule has 0 aromatic heterocycles. The van der Waals surface area contributed by atoms with E-state index in [0.29, 0.717) is 18.6 Å². The Hall–Kier alpha value is -0.320. The average Bonchev–Trinajstić information content (AvgIpc) is 2.79. The first-order valence-electron chi connectivity index (χ1n) is 5.83. The van der Waals surface area contributed by atoms with E-state index in [1.54, 1.807) is 0 Å². The molecule has 0 aromatic carbocycles. The van der Waals surface area contributed by atoms with Crippen LogP contribution in [-0.4, -0.2) is 50.2 Å². The molecule has 0 aliphatic carbocycles. The zero-order chi connectivity index (χ0) is 10.7. The summed E-state index contributed by atoms with van der Waals surface area (Å²) in [6.07, 6.45) is 2.48. The minimum Gasteiger partial charge on any atom is -0.465 e. The van der Waals surface area contributed by atoms with Gasteiger partial charge in [0.2, 0.25) is 0 Å². The fourth-order valence-corrected chi connectivity index (χ4v) is 2.70. The maximum absolute atomic E-state index is 11.3. The number of carbonyl (C=O) groups is 1. The fraction of sp³-hybridized carbons (Fsp3) is 0.909. The molecule has 16 heavy (non-hydrogen) atoms. The molecule has 0 amide bonds. The van der Waals surface area contributed by atoms with Crippen molar-refractivity contribution in [1.29, 1.82) is 0 Å². The quantitative estimate of drug-likeness (QED) is 0.745. The van der Waals surface area contributed by atoms with Crippen LogP contribution in [0.2, 0.25) is 0 Å². The smallest absolute Gasteiger partial charge is 0.320 e. The molecule has 0 aromatic rings. The number of rotatable bonds is 3. The van der Waals surface area contributed by atoms with Gasteiger partial charge in [-0.1, -0.05) is 0 Å². The number of hydrogen-bond acceptors (Lipinski definition) is 4. The van der Waals surface area contributed by atoms with Crippen LogP contribution >= 0.6 is 12.4 Å². The molecule has 0 radical (unpaired) electrons. The van der Waals surface area contributed by atoms with E-state index in [-0.39, 0.29) is 18.4 Å². The molecule has 2 heterocycles. The van der Waals surface area contributed by atoms with E-state index in [1.807, 2.05) is 6.92 Å². The monoisotopic (exact) mass is 248 g/mol. The Morgan fingerprint density at radius 1 is 1.50 bits per heavy atom. The lowest BCUT2D eigenvalue weighted by Gasteiger charge is -2.22. The molecule has 1 unspecified atom stereocenters. The summed E-state index contributed by atoms with van der Waals surface area (Å²) >= 11 is 0. The topological polar surface area (TPSA) is 41.6 Å². The van der Waals surface area contributed by atoms with E-state index in [1.165, 1.54) is 12.8 Å². The van der Waals surface area contributed by atoms with Gasteiger partial charge in [0.1, 0.15) is 0 Å². The SMILES string of the molecule is CCOC(=O)CN1CCC2(CCNC2)C1.Cl. The molecule has 0 saturated carbocycles. The predicted octanol–water partition coefficient (Wildman–Crippen LogP) is 0.657. The second kappa shape index (κ2) is 5.84. The van der Waals surface area contributed by atoms with Gasteiger partial charge < -0.3 is 10.1 Å².